The summed E-state index contributed by atoms with van der Waals surface area (Å²) in [6.45, 7) is 2.73. The highest BCUT2D eigenvalue weighted by Crippen LogP contribution is 2.29. The van der Waals surface area contributed by atoms with Crippen molar-refractivity contribution in [3.05, 3.63) is 89.5 Å². The highest BCUT2D eigenvalue weighted by atomic mass is 32.2. The van der Waals surface area contributed by atoms with Crippen molar-refractivity contribution < 1.29 is 13.2 Å². The molecule has 1 N–H and O–H groups in total. The number of nitrogens with zero attached hydrogens (tertiary/aromatic N) is 1. The molecule has 1 amide bonds. The highest BCUT2D eigenvalue weighted by molar-refractivity contribution is 7.92. The molecule has 0 fully saturated rings. The van der Waals surface area contributed by atoms with Crippen LogP contribution >= 0.6 is 0 Å². The highest BCUT2D eigenvalue weighted by Gasteiger charge is 2.23. The Balaban J connectivity index is 1.54. The standard InChI is InChI=1S/C23H22N2O3S/c1-17-9-14-22-19(16-17)6-5-15-25(22)23(26)18-10-12-20(13-11-18)24-29(27,28)21-7-3-2-4-8-21/h2-4,7-14,16,24H,5-6,15H2,1H3. The zero-order valence-electron chi connectivity index (χ0n) is 16.1. The summed E-state index contributed by atoms with van der Waals surface area (Å²) in [4.78, 5) is 15.1. The number of sulfonamides is 1. The van der Waals surface area contributed by atoms with Gasteiger partial charge in [0.2, 0.25) is 0 Å². The van der Waals surface area contributed by atoms with E-state index in [0.29, 0.717) is 17.8 Å². The number of aryl methyl sites for hydroxylation is 2. The summed E-state index contributed by atoms with van der Waals surface area (Å²) >= 11 is 0. The van der Waals surface area contributed by atoms with Crippen molar-refractivity contribution in [2.45, 2.75) is 24.7 Å². The van der Waals surface area contributed by atoms with Crippen molar-refractivity contribution in [2.75, 3.05) is 16.2 Å². The topological polar surface area (TPSA) is 66.5 Å². The number of nitrogens with one attached hydrogen (secondary N) is 1. The number of carbonyl (C=O) groups excluding carboxylic acids is 1. The van der Waals surface area contributed by atoms with Gasteiger partial charge in [-0.25, -0.2) is 8.42 Å². The van der Waals surface area contributed by atoms with Crippen LogP contribution < -0.4 is 9.62 Å². The number of carbonyl (C=O) groups is 1. The van der Waals surface area contributed by atoms with Gasteiger partial charge in [0, 0.05) is 23.5 Å². The summed E-state index contributed by atoms with van der Waals surface area (Å²) in [5, 5.41) is 0. The normalized spacial score (nSPS) is 13.6. The van der Waals surface area contributed by atoms with E-state index < -0.39 is 10.0 Å². The first-order valence-corrected chi connectivity index (χ1v) is 11.0. The van der Waals surface area contributed by atoms with E-state index in [0.717, 1.165) is 18.5 Å². The predicted molar refractivity (Wildman–Crippen MR) is 115 cm³/mol. The molecule has 3 aromatic rings. The summed E-state index contributed by atoms with van der Waals surface area (Å²) in [6, 6.07) is 20.9. The van der Waals surface area contributed by atoms with Gasteiger partial charge in [-0.15, -0.1) is 0 Å². The van der Waals surface area contributed by atoms with E-state index in [4.69, 9.17) is 0 Å². The van der Waals surface area contributed by atoms with Crippen LogP contribution in [0.25, 0.3) is 0 Å². The van der Waals surface area contributed by atoms with Gasteiger partial charge in [-0.05, 0) is 67.8 Å². The van der Waals surface area contributed by atoms with Gasteiger partial charge in [0.15, 0.2) is 0 Å². The fourth-order valence-electron chi connectivity index (χ4n) is 3.59. The van der Waals surface area contributed by atoms with Gasteiger partial charge in [0.05, 0.1) is 4.90 Å². The Morgan fingerprint density at radius 2 is 1.69 bits per heavy atom. The van der Waals surface area contributed by atoms with Crippen LogP contribution in [0.1, 0.15) is 27.9 Å². The average molecular weight is 407 g/mol. The third-order valence-electron chi connectivity index (χ3n) is 5.04. The van der Waals surface area contributed by atoms with E-state index in [2.05, 4.69) is 17.7 Å². The molecule has 1 aliphatic rings. The van der Waals surface area contributed by atoms with E-state index in [1.807, 2.05) is 12.1 Å². The number of hydrogen-bond donors (Lipinski definition) is 1. The molecule has 0 aliphatic carbocycles. The molecule has 0 atom stereocenters. The van der Waals surface area contributed by atoms with Gasteiger partial charge in [-0.3, -0.25) is 9.52 Å². The molecule has 5 nitrogen and oxygen atoms in total. The Morgan fingerprint density at radius 1 is 0.966 bits per heavy atom. The second kappa shape index (κ2) is 7.72. The van der Waals surface area contributed by atoms with Crippen LogP contribution in [0.3, 0.4) is 0 Å². The fraction of sp³-hybridized carbons (Fsp3) is 0.174. The van der Waals surface area contributed by atoms with Gasteiger partial charge in [0.1, 0.15) is 0 Å². The monoisotopic (exact) mass is 406 g/mol. The second-order valence-corrected chi connectivity index (χ2v) is 8.87. The van der Waals surface area contributed by atoms with E-state index in [9.17, 15) is 13.2 Å². The Labute approximate surface area is 171 Å². The zero-order chi connectivity index (χ0) is 20.4. The maximum atomic E-state index is 13.1. The fourth-order valence-corrected chi connectivity index (χ4v) is 4.67. The predicted octanol–water partition coefficient (Wildman–Crippen LogP) is 4.39. The van der Waals surface area contributed by atoms with Crippen molar-refractivity contribution in [3.63, 3.8) is 0 Å². The first-order valence-electron chi connectivity index (χ1n) is 9.53. The second-order valence-electron chi connectivity index (χ2n) is 7.19. The van der Waals surface area contributed by atoms with Crippen molar-refractivity contribution in [3.8, 4) is 0 Å². The zero-order valence-corrected chi connectivity index (χ0v) is 16.9. The van der Waals surface area contributed by atoms with Gasteiger partial charge in [0.25, 0.3) is 15.9 Å². The minimum Gasteiger partial charge on any atom is -0.308 e. The van der Waals surface area contributed by atoms with Crippen molar-refractivity contribution in [1.29, 1.82) is 0 Å². The van der Waals surface area contributed by atoms with Crippen LogP contribution in [0.2, 0.25) is 0 Å². The molecule has 4 rings (SSSR count). The Bertz CT molecular complexity index is 1140. The number of anilines is 2. The molecule has 1 aliphatic heterocycles. The van der Waals surface area contributed by atoms with Crippen molar-refractivity contribution >= 4 is 27.3 Å². The average Bonchev–Trinajstić information content (AvgIpc) is 2.73. The summed E-state index contributed by atoms with van der Waals surface area (Å²) in [5.74, 6) is -0.0766. The summed E-state index contributed by atoms with van der Waals surface area (Å²) in [5.41, 5.74) is 4.28. The Hall–Kier alpha value is -3.12. The molecule has 148 valence electrons. The number of rotatable bonds is 4. The summed E-state index contributed by atoms with van der Waals surface area (Å²) in [6.07, 6.45) is 1.90. The van der Waals surface area contributed by atoms with Gasteiger partial charge < -0.3 is 4.90 Å². The first-order chi connectivity index (χ1) is 13.9. The number of hydrogen-bond acceptors (Lipinski definition) is 3. The lowest BCUT2D eigenvalue weighted by atomic mass is 9.99. The number of benzene rings is 3. The van der Waals surface area contributed by atoms with Crippen LogP contribution in [0, 0.1) is 6.92 Å². The van der Waals surface area contributed by atoms with Crippen LogP contribution in [0.5, 0.6) is 0 Å². The van der Waals surface area contributed by atoms with Crippen molar-refractivity contribution in [1.82, 2.24) is 0 Å². The molecule has 0 saturated carbocycles. The molecule has 0 bridgehead atoms. The van der Waals surface area contributed by atoms with Crippen LogP contribution in [0.4, 0.5) is 11.4 Å². The lowest BCUT2D eigenvalue weighted by Crippen LogP contribution is -2.35. The maximum absolute atomic E-state index is 13.1. The van der Waals surface area contributed by atoms with Crippen molar-refractivity contribution in [2.24, 2.45) is 0 Å². The summed E-state index contributed by atoms with van der Waals surface area (Å²) < 4.78 is 27.4. The minimum atomic E-state index is -3.66. The van der Waals surface area contributed by atoms with E-state index in [-0.39, 0.29) is 10.8 Å². The van der Waals surface area contributed by atoms with Gasteiger partial charge in [-0.1, -0.05) is 35.9 Å². The Kier molecular flexibility index (Phi) is 5.11. The molecule has 0 radical (unpaired) electrons. The minimum absolute atomic E-state index is 0.0766. The number of amides is 1. The molecule has 0 aromatic heterocycles. The third kappa shape index (κ3) is 4.03. The lowest BCUT2D eigenvalue weighted by molar-refractivity contribution is 0.0985. The van der Waals surface area contributed by atoms with Gasteiger partial charge >= 0.3 is 0 Å². The van der Waals surface area contributed by atoms with E-state index in [1.165, 1.54) is 23.3 Å². The third-order valence-corrected chi connectivity index (χ3v) is 6.43. The molecule has 0 unspecified atom stereocenters. The van der Waals surface area contributed by atoms with E-state index >= 15 is 0 Å². The van der Waals surface area contributed by atoms with Crippen LogP contribution in [-0.2, 0) is 16.4 Å². The first kappa shape index (κ1) is 19.2. The lowest BCUT2D eigenvalue weighted by Gasteiger charge is -2.30. The SMILES string of the molecule is Cc1ccc2c(c1)CCCN2C(=O)c1ccc(NS(=O)(=O)c2ccccc2)cc1. The van der Waals surface area contributed by atoms with Gasteiger partial charge in [-0.2, -0.15) is 0 Å². The molecule has 0 spiro atoms. The smallest absolute Gasteiger partial charge is 0.261 e. The maximum Gasteiger partial charge on any atom is 0.261 e. The largest absolute Gasteiger partial charge is 0.308 e. The van der Waals surface area contributed by atoms with E-state index in [1.54, 1.807) is 47.4 Å². The Morgan fingerprint density at radius 3 is 2.41 bits per heavy atom. The van der Waals surface area contributed by atoms with Crippen LogP contribution in [-0.4, -0.2) is 20.9 Å². The quantitative estimate of drug-likeness (QED) is 0.699. The molecular weight excluding hydrogens is 384 g/mol. The molecule has 0 saturated heterocycles. The molecule has 29 heavy (non-hydrogen) atoms. The molecule has 1 heterocycles. The number of fused-ring (bicyclic) bond motifs is 1. The molecular formula is C23H22N2O3S. The molecule has 6 heteroatoms. The summed E-state index contributed by atoms with van der Waals surface area (Å²) in [7, 11) is -3.66. The molecule has 3 aromatic carbocycles. The van der Waals surface area contributed by atoms with Crippen LogP contribution in [0.15, 0.2) is 77.7 Å².